The molecule has 0 aliphatic carbocycles. The fraction of sp³-hybridized carbons (Fsp3) is 0.286. The SMILES string of the molecule is Cc1ccc(Br)c(Nc2cc(NN)nc(C(C)C)n2)c1. The molecular formula is C14H18BrN5. The van der Waals surface area contributed by atoms with Gasteiger partial charge in [0.15, 0.2) is 0 Å². The molecule has 0 saturated carbocycles. The summed E-state index contributed by atoms with van der Waals surface area (Å²) in [5, 5.41) is 3.29. The lowest BCUT2D eigenvalue weighted by Crippen LogP contribution is -2.12. The van der Waals surface area contributed by atoms with E-state index in [0.29, 0.717) is 11.6 Å². The number of aromatic nitrogens is 2. The van der Waals surface area contributed by atoms with E-state index >= 15 is 0 Å². The van der Waals surface area contributed by atoms with Crippen LogP contribution in [-0.4, -0.2) is 9.97 Å². The lowest BCUT2D eigenvalue weighted by molar-refractivity contribution is 0.777. The zero-order chi connectivity index (χ0) is 14.7. The summed E-state index contributed by atoms with van der Waals surface area (Å²) in [5.74, 6) is 7.73. The highest BCUT2D eigenvalue weighted by molar-refractivity contribution is 9.10. The van der Waals surface area contributed by atoms with Gasteiger partial charge in [-0.25, -0.2) is 15.8 Å². The highest BCUT2D eigenvalue weighted by Crippen LogP contribution is 2.27. The maximum atomic E-state index is 5.46. The number of halogens is 1. The molecule has 0 aliphatic rings. The fourth-order valence-corrected chi connectivity index (χ4v) is 2.08. The molecule has 20 heavy (non-hydrogen) atoms. The summed E-state index contributed by atoms with van der Waals surface area (Å²) in [4.78, 5) is 8.84. The Morgan fingerprint density at radius 3 is 2.50 bits per heavy atom. The van der Waals surface area contributed by atoms with Crippen LogP contribution in [0.3, 0.4) is 0 Å². The van der Waals surface area contributed by atoms with Crippen molar-refractivity contribution in [2.24, 2.45) is 5.84 Å². The normalized spacial score (nSPS) is 10.7. The number of nitrogens with two attached hydrogens (primary N) is 1. The third-order valence-corrected chi connectivity index (χ3v) is 3.48. The van der Waals surface area contributed by atoms with Crippen LogP contribution in [0.4, 0.5) is 17.3 Å². The zero-order valence-electron chi connectivity index (χ0n) is 11.7. The van der Waals surface area contributed by atoms with Crippen LogP contribution in [0.1, 0.15) is 31.2 Å². The number of aryl methyl sites for hydroxylation is 1. The predicted octanol–water partition coefficient (Wildman–Crippen LogP) is 3.70. The molecule has 0 aliphatic heterocycles. The number of hydrazine groups is 1. The van der Waals surface area contributed by atoms with Gasteiger partial charge in [-0.05, 0) is 40.5 Å². The molecule has 0 atom stereocenters. The standard InChI is InChI=1S/C14H18BrN5/c1-8(2)14-18-12(7-13(19-14)20-16)17-11-6-9(3)4-5-10(11)15/h4-8H,16H2,1-3H3,(H2,17,18,19,20). The molecule has 0 bridgehead atoms. The summed E-state index contributed by atoms with van der Waals surface area (Å²) in [6, 6.07) is 7.88. The van der Waals surface area contributed by atoms with Crippen LogP contribution in [0, 0.1) is 6.92 Å². The minimum atomic E-state index is 0.227. The number of benzene rings is 1. The van der Waals surface area contributed by atoms with Crippen molar-refractivity contribution in [2.45, 2.75) is 26.7 Å². The van der Waals surface area contributed by atoms with E-state index in [1.165, 1.54) is 5.56 Å². The van der Waals surface area contributed by atoms with Crippen molar-refractivity contribution in [3.63, 3.8) is 0 Å². The number of nitrogens with one attached hydrogen (secondary N) is 2. The first kappa shape index (κ1) is 14.7. The summed E-state index contributed by atoms with van der Waals surface area (Å²) in [7, 11) is 0. The third-order valence-electron chi connectivity index (χ3n) is 2.79. The van der Waals surface area contributed by atoms with E-state index in [1.54, 1.807) is 6.07 Å². The largest absolute Gasteiger partial charge is 0.339 e. The maximum Gasteiger partial charge on any atom is 0.145 e. The lowest BCUT2D eigenvalue weighted by atomic mass is 10.2. The van der Waals surface area contributed by atoms with Crippen molar-refractivity contribution >= 4 is 33.3 Å². The lowest BCUT2D eigenvalue weighted by Gasteiger charge is -2.12. The molecule has 4 N–H and O–H groups in total. The molecule has 0 fully saturated rings. The number of anilines is 3. The van der Waals surface area contributed by atoms with Crippen molar-refractivity contribution in [1.29, 1.82) is 0 Å². The van der Waals surface area contributed by atoms with Gasteiger partial charge >= 0.3 is 0 Å². The summed E-state index contributed by atoms with van der Waals surface area (Å²) in [6.45, 7) is 6.13. The van der Waals surface area contributed by atoms with Gasteiger partial charge in [0, 0.05) is 16.5 Å². The van der Waals surface area contributed by atoms with E-state index in [-0.39, 0.29) is 5.92 Å². The topological polar surface area (TPSA) is 75.9 Å². The average Bonchev–Trinajstić information content (AvgIpc) is 2.42. The van der Waals surface area contributed by atoms with Crippen LogP contribution in [0.15, 0.2) is 28.7 Å². The molecule has 2 aromatic rings. The number of hydrogen-bond donors (Lipinski definition) is 3. The van der Waals surface area contributed by atoms with Crippen molar-refractivity contribution in [1.82, 2.24) is 9.97 Å². The van der Waals surface area contributed by atoms with Gasteiger partial charge in [0.05, 0.1) is 5.69 Å². The molecule has 1 aromatic heterocycles. The first-order valence-corrected chi connectivity index (χ1v) is 7.17. The number of hydrogen-bond acceptors (Lipinski definition) is 5. The van der Waals surface area contributed by atoms with Crippen LogP contribution in [-0.2, 0) is 0 Å². The Morgan fingerprint density at radius 2 is 1.85 bits per heavy atom. The van der Waals surface area contributed by atoms with Gasteiger partial charge in [-0.15, -0.1) is 0 Å². The molecule has 6 heteroatoms. The van der Waals surface area contributed by atoms with E-state index in [0.717, 1.165) is 16.0 Å². The second kappa shape index (κ2) is 6.19. The molecule has 0 saturated heterocycles. The third kappa shape index (κ3) is 3.46. The fourth-order valence-electron chi connectivity index (χ4n) is 1.73. The number of nitrogens with zero attached hydrogens (tertiary/aromatic N) is 2. The molecule has 1 aromatic carbocycles. The Balaban J connectivity index is 2.37. The first-order valence-electron chi connectivity index (χ1n) is 6.38. The summed E-state index contributed by atoms with van der Waals surface area (Å²) in [6.07, 6.45) is 0. The molecule has 106 valence electrons. The van der Waals surface area contributed by atoms with E-state index < -0.39 is 0 Å². The monoisotopic (exact) mass is 335 g/mol. The van der Waals surface area contributed by atoms with E-state index in [1.807, 2.05) is 32.9 Å². The molecule has 1 heterocycles. The number of nitrogen functional groups attached to an aromatic ring is 1. The van der Waals surface area contributed by atoms with Crippen molar-refractivity contribution in [3.05, 3.63) is 40.1 Å². The smallest absolute Gasteiger partial charge is 0.145 e. The van der Waals surface area contributed by atoms with Crippen LogP contribution in [0.5, 0.6) is 0 Å². The van der Waals surface area contributed by atoms with Gasteiger partial charge in [0.1, 0.15) is 17.5 Å². The zero-order valence-corrected chi connectivity index (χ0v) is 13.3. The Kier molecular flexibility index (Phi) is 4.57. The summed E-state index contributed by atoms with van der Waals surface area (Å²) in [5.41, 5.74) is 4.70. The van der Waals surface area contributed by atoms with Crippen LogP contribution >= 0.6 is 15.9 Å². The predicted molar refractivity (Wildman–Crippen MR) is 86.1 cm³/mol. The highest BCUT2D eigenvalue weighted by atomic mass is 79.9. The maximum absolute atomic E-state index is 5.46. The molecular weight excluding hydrogens is 318 g/mol. The Bertz CT molecular complexity index is 613. The summed E-state index contributed by atoms with van der Waals surface area (Å²) < 4.78 is 0.982. The Hall–Kier alpha value is -1.66. The van der Waals surface area contributed by atoms with Crippen molar-refractivity contribution in [3.8, 4) is 0 Å². The molecule has 5 nitrogen and oxygen atoms in total. The quantitative estimate of drug-likeness (QED) is 0.586. The van der Waals surface area contributed by atoms with Gasteiger partial charge < -0.3 is 10.7 Å². The van der Waals surface area contributed by atoms with Crippen LogP contribution < -0.4 is 16.6 Å². The van der Waals surface area contributed by atoms with Crippen LogP contribution in [0.2, 0.25) is 0 Å². The van der Waals surface area contributed by atoms with Gasteiger partial charge in [-0.3, -0.25) is 0 Å². The van der Waals surface area contributed by atoms with Crippen LogP contribution in [0.25, 0.3) is 0 Å². The van der Waals surface area contributed by atoms with Gasteiger partial charge in [-0.1, -0.05) is 19.9 Å². The highest BCUT2D eigenvalue weighted by Gasteiger charge is 2.09. The minimum absolute atomic E-state index is 0.227. The van der Waals surface area contributed by atoms with Gasteiger partial charge in [0.25, 0.3) is 0 Å². The molecule has 0 radical (unpaired) electrons. The minimum Gasteiger partial charge on any atom is -0.339 e. The average molecular weight is 336 g/mol. The molecule has 0 unspecified atom stereocenters. The molecule has 0 amide bonds. The number of rotatable bonds is 4. The molecule has 2 rings (SSSR count). The van der Waals surface area contributed by atoms with E-state index in [4.69, 9.17) is 5.84 Å². The second-order valence-electron chi connectivity index (χ2n) is 4.90. The Morgan fingerprint density at radius 1 is 1.15 bits per heavy atom. The van der Waals surface area contributed by atoms with E-state index in [9.17, 15) is 0 Å². The summed E-state index contributed by atoms with van der Waals surface area (Å²) >= 11 is 3.52. The first-order chi connectivity index (χ1) is 9.49. The van der Waals surface area contributed by atoms with Gasteiger partial charge in [0.2, 0.25) is 0 Å². The van der Waals surface area contributed by atoms with E-state index in [2.05, 4.69) is 42.7 Å². The van der Waals surface area contributed by atoms with Crippen molar-refractivity contribution < 1.29 is 0 Å². The van der Waals surface area contributed by atoms with Crippen molar-refractivity contribution in [2.75, 3.05) is 10.7 Å². The second-order valence-corrected chi connectivity index (χ2v) is 5.76. The van der Waals surface area contributed by atoms with Gasteiger partial charge in [-0.2, -0.15) is 0 Å². The Labute approximate surface area is 127 Å². The molecule has 0 spiro atoms.